The Bertz CT molecular complexity index is 740. The standard InChI is InChI=1S/C19H29NO5S2/c1-19(2,3)25-18(22)20-17-11-14(21)6-5-13(17)12-27(23,24)16-9-7-15(26-4)8-10-16/h7-10,13-14,17,21H,5-6,11-12H2,1-4H3,(H,20,22)/t13-,14-,17-/m0/s1. The van der Waals surface area contributed by atoms with Crippen LogP contribution in [0.4, 0.5) is 4.79 Å². The summed E-state index contributed by atoms with van der Waals surface area (Å²) in [6.45, 7) is 5.30. The molecule has 1 aliphatic carbocycles. The normalized spacial score (nSPS) is 23.7. The van der Waals surface area contributed by atoms with Crippen LogP contribution in [-0.2, 0) is 14.6 Å². The fourth-order valence-corrected chi connectivity index (χ4v) is 5.32. The second kappa shape index (κ2) is 8.84. The van der Waals surface area contributed by atoms with Crippen LogP contribution in [-0.4, -0.2) is 49.4 Å². The first kappa shape index (κ1) is 22.0. The number of hydrogen-bond donors (Lipinski definition) is 2. The largest absolute Gasteiger partial charge is 0.444 e. The smallest absolute Gasteiger partial charge is 0.407 e. The number of thioether (sulfide) groups is 1. The first-order valence-electron chi connectivity index (χ1n) is 9.04. The van der Waals surface area contributed by atoms with Crippen molar-refractivity contribution in [2.24, 2.45) is 5.92 Å². The zero-order valence-electron chi connectivity index (χ0n) is 16.3. The highest BCUT2D eigenvalue weighted by Crippen LogP contribution is 2.29. The highest BCUT2D eigenvalue weighted by molar-refractivity contribution is 7.98. The molecule has 1 saturated carbocycles. The minimum atomic E-state index is -3.49. The second-order valence-electron chi connectivity index (χ2n) is 7.94. The van der Waals surface area contributed by atoms with Crippen LogP contribution in [0.1, 0.15) is 40.0 Å². The number of carbonyl (C=O) groups is 1. The fourth-order valence-electron chi connectivity index (χ4n) is 3.21. The van der Waals surface area contributed by atoms with Gasteiger partial charge in [0.25, 0.3) is 0 Å². The number of rotatable bonds is 5. The van der Waals surface area contributed by atoms with E-state index in [0.29, 0.717) is 19.3 Å². The van der Waals surface area contributed by atoms with Gasteiger partial charge >= 0.3 is 6.09 Å². The average molecular weight is 416 g/mol. The molecular weight excluding hydrogens is 386 g/mol. The van der Waals surface area contributed by atoms with E-state index in [-0.39, 0.29) is 16.6 Å². The van der Waals surface area contributed by atoms with Gasteiger partial charge in [-0.25, -0.2) is 13.2 Å². The van der Waals surface area contributed by atoms with Gasteiger partial charge in [0.1, 0.15) is 5.60 Å². The Kier molecular flexibility index (Phi) is 7.21. The Hall–Kier alpha value is -1.25. The van der Waals surface area contributed by atoms with Crippen LogP contribution in [0.3, 0.4) is 0 Å². The summed E-state index contributed by atoms with van der Waals surface area (Å²) in [7, 11) is -3.49. The molecule has 0 radical (unpaired) electrons. The lowest BCUT2D eigenvalue weighted by Crippen LogP contribution is -2.48. The Morgan fingerprint density at radius 3 is 2.44 bits per heavy atom. The summed E-state index contributed by atoms with van der Waals surface area (Å²) in [4.78, 5) is 13.4. The molecule has 1 aromatic carbocycles. The number of nitrogens with one attached hydrogen (secondary N) is 1. The van der Waals surface area contributed by atoms with Crippen molar-refractivity contribution >= 4 is 27.7 Å². The molecule has 1 aromatic rings. The maximum atomic E-state index is 12.8. The molecule has 152 valence electrons. The fraction of sp³-hybridized carbons (Fsp3) is 0.632. The monoisotopic (exact) mass is 415 g/mol. The van der Waals surface area contributed by atoms with Gasteiger partial charge in [0.05, 0.1) is 16.8 Å². The lowest BCUT2D eigenvalue weighted by atomic mass is 9.84. The van der Waals surface area contributed by atoms with Crippen LogP contribution in [0.15, 0.2) is 34.1 Å². The van der Waals surface area contributed by atoms with Gasteiger partial charge < -0.3 is 15.2 Å². The van der Waals surface area contributed by atoms with Crippen molar-refractivity contribution in [3.63, 3.8) is 0 Å². The number of sulfone groups is 1. The summed E-state index contributed by atoms with van der Waals surface area (Å²) < 4.78 is 30.9. The summed E-state index contributed by atoms with van der Waals surface area (Å²) in [5.41, 5.74) is -0.641. The van der Waals surface area contributed by atoms with Crippen molar-refractivity contribution in [3.05, 3.63) is 24.3 Å². The third kappa shape index (κ3) is 6.69. The van der Waals surface area contributed by atoms with Gasteiger partial charge in [-0.2, -0.15) is 0 Å². The first-order chi connectivity index (χ1) is 12.5. The number of alkyl carbamates (subject to hydrolysis) is 1. The third-order valence-electron chi connectivity index (χ3n) is 4.52. The van der Waals surface area contributed by atoms with Gasteiger partial charge in [0.2, 0.25) is 0 Å². The molecular formula is C19H29NO5S2. The molecule has 0 unspecified atom stereocenters. The maximum absolute atomic E-state index is 12.8. The predicted octanol–water partition coefficient (Wildman–Crippen LogP) is 3.24. The average Bonchev–Trinajstić information content (AvgIpc) is 2.55. The number of benzene rings is 1. The van der Waals surface area contributed by atoms with Crippen molar-refractivity contribution in [2.75, 3.05) is 12.0 Å². The number of aliphatic hydroxyl groups is 1. The Morgan fingerprint density at radius 1 is 1.26 bits per heavy atom. The maximum Gasteiger partial charge on any atom is 0.407 e. The number of ether oxygens (including phenoxy) is 1. The molecule has 3 atom stereocenters. The predicted molar refractivity (Wildman–Crippen MR) is 107 cm³/mol. The van der Waals surface area contributed by atoms with E-state index >= 15 is 0 Å². The van der Waals surface area contributed by atoms with Crippen LogP contribution in [0.2, 0.25) is 0 Å². The molecule has 0 aliphatic heterocycles. The van der Waals surface area contributed by atoms with Crippen LogP contribution >= 0.6 is 11.8 Å². The van der Waals surface area contributed by atoms with E-state index in [2.05, 4.69) is 5.32 Å². The zero-order valence-corrected chi connectivity index (χ0v) is 17.9. The number of hydrogen-bond acceptors (Lipinski definition) is 6. The minimum Gasteiger partial charge on any atom is -0.444 e. The Labute approximate surface area is 166 Å². The molecule has 0 saturated heterocycles. The van der Waals surface area contributed by atoms with Gasteiger partial charge in [0, 0.05) is 10.9 Å². The van der Waals surface area contributed by atoms with Crippen molar-refractivity contribution in [1.29, 1.82) is 0 Å². The molecule has 2 rings (SSSR count). The molecule has 1 amide bonds. The lowest BCUT2D eigenvalue weighted by molar-refractivity contribution is 0.0399. The SMILES string of the molecule is CSc1ccc(S(=O)(=O)C[C@@H]2CC[C@H](O)C[C@@H]2NC(=O)OC(C)(C)C)cc1. The third-order valence-corrected chi connectivity index (χ3v) is 7.12. The van der Waals surface area contributed by atoms with Gasteiger partial charge in [-0.1, -0.05) is 0 Å². The van der Waals surface area contributed by atoms with E-state index in [1.165, 1.54) is 0 Å². The Balaban J connectivity index is 2.11. The minimum absolute atomic E-state index is 0.0706. The van der Waals surface area contributed by atoms with Gasteiger partial charge in [-0.15, -0.1) is 11.8 Å². The number of aliphatic hydroxyl groups excluding tert-OH is 1. The van der Waals surface area contributed by atoms with E-state index in [1.807, 2.05) is 6.26 Å². The molecule has 6 nitrogen and oxygen atoms in total. The highest BCUT2D eigenvalue weighted by atomic mass is 32.2. The quantitative estimate of drug-likeness (QED) is 0.717. The second-order valence-corrected chi connectivity index (χ2v) is 10.9. The summed E-state index contributed by atoms with van der Waals surface area (Å²) in [6.07, 6.45) is 2.18. The summed E-state index contributed by atoms with van der Waals surface area (Å²) in [6, 6.07) is 6.38. The van der Waals surface area contributed by atoms with Gasteiger partial charge in [0.15, 0.2) is 9.84 Å². The zero-order chi connectivity index (χ0) is 20.2. The molecule has 27 heavy (non-hydrogen) atoms. The lowest BCUT2D eigenvalue weighted by Gasteiger charge is -2.35. The Morgan fingerprint density at radius 2 is 1.89 bits per heavy atom. The molecule has 0 bridgehead atoms. The molecule has 0 spiro atoms. The van der Waals surface area contributed by atoms with Crippen molar-refractivity contribution in [3.8, 4) is 0 Å². The van der Waals surface area contributed by atoms with E-state index in [0.717, 1.165) is 4.90 Å². The van der Waals surface area contributed by atoms with Crippen molar-refractivity contribution < 1.29 is 23.1 Å². The van der Waals surface area contributed by atoms with E-state index in [4.69, 9.17) is 4.74 Å². The molecule has 8 heteroatoms. The van der Waals surface area contributed by atoms with Crippen molar-refractivity contribution in [2.45, 2.75) is 67.6 Å². The molecule has 2 N–H and O–H groups in total. The van der Waals surface area contributed by atoms with Gasteiger partial charge in [-0.05, 0) is 76.5 Å². The highest BCUT2D eigenvalue weighted by Gasteiger charge is 2.35. The van der Waals surface area contributed by atoms with Crippen LogP contribution in [0, 0.1) is 5.92 Å². The van der Waals surface area contributed by atoms with E-state index in [1.54, 1.807) is 56.8 Å². The van der Waals surface area contributed by atoms with Crippen LogP contribution < -0.4 is 5.32 Å². The molecule has 1 aliphatic rings. The topological polar surface area (TPSA) is 92.7 Å². The molecule has 0 heterocycles. The van der Waals surface area contributed by atoms with Crippen LogP contribution in [0.25, 0.3) is 0 Å². The van der Waals surface area contributed by atoms with E-state index < -0.39 is 33.7 Å². The van der Waals surface area contributed by atoms with E-state index in [9.17, 15) is 18.3 Å². The first-order valence-corrected chi connectivity index (χ1v) is 11.9. The number of carbonyl (C=O) groups excluding carboxylic acids is 1. The molecule has 1 fully saturated rings. The number of amides is 1. The summed E-state index contributed by atoms with van der Waals surface area (Å²) in [5.74, 6) is -0.343. The summed E-state index contributed by atoms with van der Waals surface area (Å²) in [5, 5.41) is 12.7. The van der Waals surface area contributed by atoms with Crippen molar-refractivity contribution in [1.82, 2.24) is 5.32 Å². The van der Waals surface area contributed by atoms with Crippen LogP contribution in [0.5, 0.6) is 0 Å². The summed E-state index contributed by atoms with van der Waals surface area (Å²) >= 11 is 1.55. The van der Waals surface area contributed by atoms with Gasteiger partial charge in [-0.3, -0.25) is 0 Å². The molecule has 0 aromatic heterocycles.